The Labute approximate surface area is 195 Å². The first-order chi connectivity index (χ1) is 16.0. The molecule has 0 radical (unpaired) electrons. The second-order valence-electron chi connectivity index (χ2n) is 8.67. The Morgan fingerprint density at radius 3 is 2.24 bits per heavy atom. The van der Waals surface area contributed by atoms with Crippen molar-refractivity contribution >= 4 is 23.4 Å². The van der Waals surface area contributed by atoms with Crippen molar-refractivity contribution in [3.8, 4) is 5.69 Å². The van der Waals surface area contributed by atoms with Crippen LogP contribution in [0, 0.1) is 17.5 Å². The molecule has 0 saturated heterocycles. The summed E-state index contributed by atoms with van der Waals surface area (Å²) in [6.45, 7) is 7.48. The summed E-state index contributed by atoms with van der Waals surface area (Å²) in [5.74, 6) is -2.66. The third-order valence-corrected chi connectivity index (χ3v) is 4.99. The fourth-order valence-electron chi connectivity index (χ4n) is 3.08. The van der Waals surface area contributed by atoms with Gasteiger partial charge in [-0.05, 0) is 43.3 Å². The molecule has 0 unspecified atom stereocenters. The molecule has 0 fully saturated rings. The number of anilines is 2. The monoisotopic (exact) mass is 473 g/mol. The smallest absolute Gasteiger partial charge is 0.315 e. The molecule has 1 aromatic heterocycles. The van der Waals surface area contributed by atoms with Gasteiger partial charge in [-0.25, -0.2) is 22.6 Å². The van der Waals surface area contributed by atoms with Crippen molar-refractivity contribution in [2.45, 2.75) is 33.1 Å². The molecule has 0 spiro atoms. The quantitative estimate of drug-likeness (QED) is 0.524. The Morgan fingerprint density at radius 2 is 1.65 bits per heavy atom. The van der Waals surface area contributed by atoms with Crippen LogP contribution < -0.4 is 10.6 Å². The maximum Gasteiger partial charge on any atom is 0.322 e. The molecule has 1 heterocycles. The highest BCUT2D eigenvalue weighted by atomic mass is 19.2. The number of benzene rings is 2. The first kappa shape index (κ1) is 24.8. The van der Waals surface area contributed by atoms with Gasteiger partial charge in [0.15, 0.2) is 11.6 Å². The Hall–Kier alpha value is -3.82. The van der Waals surface area contributed by atoms with Crippen LogP contribution in [-0.2, 0) is 10.2 Å². The van der Waals surface area contributed by atoms with Crippen LogP contribution in [0.15, 0.2) is 48.5 Å². The molecule has 0 aliphatic carbocycles. The number of rotatable bonds is 6. The number of likely N-dealkylation sites (N-methyl/N-ethyl adjacent to an activating group) is 1. The summed E-state index contributed by atoms with van der Waals surface area (Å²) in [4.78, 5) is 26.5. The number of halogens is 3. The minimum atomic E-state index is -1.10. The second kappa shape index (κ2) is 9.98. The van der Waals surface area contributed by atoms with Crippen LogP contribution >= 0.6 is 0 Å². The summed E-state index contributed by atoms with van der Waals surface area (Å²) in [6, 6.07) is 9.72. The number of amides is 3. The average molecular weight is 473 g/mol. The van der Waals surface area contributed by atoms with Crippen LogP contribution in [0.2, 0.25) is 0 Å². The number of urea groups is 1. The lowest BCUT2D eigenvalue weighted by Crippen LogP contribution is -2.40. The van der Waals surface area contributed by atoms with E-state index >= 15 is 0 Å². The van der Waals surface area contributed by atoms with E-state index in [9.17, 15) is 22.8 Å². The summed E-state index contributed by atoms with van der Waals surface area (Å²) in [5, 5.41) is 9.76. The average Bonchev–Trinajstić information content (AvgIpc) is 3.19. The van der Waals surface area contributed by atoms with Crippen LogP contribution in [0.5, 0.6) is 0 Å². The first-order valence-corrected chi connectivity index (χ1v) is 10.6. The molecule has 2 N–H and O–H groups in total. The van der Waals surface area contributed by atoms with E-state index in [1.807, 2.05) is 20.8 Å². The van der Waals surface area contributed by atoms with E-state index in [2.05, 4.69) is 15.7 Å². The van der Waals surface area contributed by atoms with E-state index in [1.165, 1.54) is 39.9 Å². The maximum absolute atomic E-state index is 13.4. The van der Waals surface area contributed by atoms with Gasteiger partial charge in [0, 0.05) is 29.8 Å². The van der Waals surface area contributed by atoms with Crippen molar-refractivity contribution in [2.24, 2.45) is 0 Å². The summed E-state index contributed by atoms with van der Waals surface area (Å²) in [5.41, 5.74) is 1.00. The maximum atomic E-state index is 13.4. The van der Waals surface area contributed by atoms with E-state index in [0.29, 0.717) is 17.2 Å². The zero-order chi connectivity index (χ0) is 25.0. The number of carbonyl (C=O) groups is 2. The topological polar surface area (TPSA) is 79.3 Å². The Balaban J connectivity index is 1.76. The van der Waals surface area contributed by atoms with Crippen LogP contribution in [0.3, 0.4) is 0 Å². The lowest BCUT2D eigenvalue weighted by atomic mass is 9.92. The third-order valence-electron chi connectivity index (χ3n) is 4.99. The number of nitrogens with one attached hydrogen (secondary N) is 2. The van der Waals surface area contributed by atoms with Gasteiger partial charge in [-0.1, -0.05) is 20.8 Å². The van der Waals surface area contributed by atoms with Gasteiger partial charge in [-0.15, -0.1) is 0 Å². The Bertz CT molecular complexity index is 1190. The van der Waals surface area contributed by atoms with Gasteiger partial charge in [0.1, 0.15) is 18.2 Å². The summed E-state index contributed by atoms with van der Waals surface area (Å²) in [7, 11) is 0. The lowest BCUT2D eigenvalue weighted by Gasteiger charge is -2.21. The van der Waals surface area contributed by atoms with Gasteiger partial charge in [-0.3, -0.25) is 4.79 Å². The van der Waals surface area contributed by atoms with Crippen LogP contribution in [0.1, 0.15) is 33.4 Å². The van der Waals surface area contributed by atoms with Crippen LogP contribution in [0.25, 0.3) is 5.69 Å². The fraction of sp³-hybridized carbons (Fsp3) is 0.292. The van der Waals surface area contributed by atoms with Crippen molar-refractivity contribution in [3.63, 3.8) is 0 Å². The molecule has 7 nitrogen and oxygen atoms in total. The van der Waals surface area contributed by atoms with Crippen molar-refractivity contribution in [1.82, 2.24) is 14.7 Å². The van der Waals surface area contributed by atoms with Gasteiger partial charge < -0.3 is 15.5 Å². The number of nitrogens with zero attached hydrogens (tertiary/aromatic N) is 3. The minimum absolute atomic E-state index is 0.0620. The van der Waals surface area contributed by atoms with Gasteiger partial charge >= 0.3 is 6.03 Å². The molecular weight excluding hydrogens is 447 g/mol. The number of carbonyl (C=O) groups excluding carboxylic acids is 2. The van der Waals surface area contributed by atoms with Crippen LogP contribution in [0.4, 0.5) is 29.5 Å². The van der Waals surface area contributed by atoms with E-state index in [-0.39, 0.29) is 24.2 Å². The molecule has 0 saturated carbocycles. The van der Waals surface area contributed by atoms with Gasteiger partial charge in [0.05, 0.1) is 11.4 Å². The highest BCUT2D eigenvalue weighted by molar-refractivity contribution is 5.96. The number of hydrogen-bond acceptors (Lipinski definition) is 3. The lowest BCUT2D eigenvalue weighted by molar-refractivity contribution is -0.116. The Kier molecular flexibility index (Phi) is 7.29. The van der Waals surface area contributed by atoms with Gasteiger partial charge in [-0.2, -0.15) is 5.10 Å². The molecular formula is C24H26F3N5O2. The zero-order valence-electron chi connectivity index (χ0n) is 19.3. The van der Waals surface area contributed by atoms with Gasteiger partial charge in [0.2, 0.25) is 5.91 Å². The molecule has 10 heteroatoms. The molecule has 3 aromatic rings. The van der Waals surface area contributed by atoms with E-state index in [4.69, 9.17) is 0 Å². The molecule has 3 rings (SSSR count). The standard InChI is InChI=1S/C24H26F3N5O2/c1-5-31(23(34)28-16-8-11-18(26)19(27)12-16)14-22(33)29-21-13-20(24(2,3)4)30-32(21)17-9-6-15(25)7-10-17/h6-13H,5,14H2,1-4H3,(H,28,34)(H,29,33). The molecule has 0 aliphatic heterocycles. The van der Waals surface area contributed by atoms with Gasteiger partial charge in [0.25, 0.3) is 0 Å². The molecule has 34 heavy (non-hydrogen) atoms. The van der Waals surface area contributed by atoms with Crippen molar-refractivity contribution in [1.29, 1.82) is 0 Å². The second-order valence-corrected chi connectivity index (χ2v) is 8.67. The summed E-state index contributed by atoms with van der Waals surface area (Å²) in [6.07, 6.45) is 0. The summed E-state index contributed by atoms with van der Waals surface area (Å²) < 4.78 is 41.4. The third kappa shape index (κ3) is 5.94. The zero-order valence-corrected chi connectivity index (χ0v) is 19.3. The predicted molar refractivity (Wildman–Crippen MR) is 123 cm³/mol. The molecule has 0 aliphatic rings. The normalized spacial score (nSPS) is 11.3. The molecule has 3 amide bonds. The number of hydrogen-bond donors (Lipinski definition) is 2. The predicted octanol–water partition coefficient (Wildman–Crippen LogP) is 5.08. The largest absolute Gasteiger partial charge is 0.322 e. The molecule has 2 aromatic carbocycles. The van der Waals surface area contributed by atoms with E-state index in [0.717, 1.165) is 12.1 Å². The summed E-state index contributed by atoms with van der Waals surface area (Å²) >= 11 is 0. The molecule has 0 atom stereocenters. The first-order valence-electron chi connectivity index (χ1n) is 10.6. The number of aromatic nitrogens is 2. The minimum Gasteiger partial charge on any atom is -0.315 e. The van der Waals surface area contributed by atoms with Crippen molar-refractivity contribution < 1.29 is 22.8 Å². The highest BCUT2D eigenvalue weighted by Gasteiger charge is 2.23. The molecule has 180 valence electrons. The fourth-order valence-corrected chi connectivity index (χ4v) is 3.08. The molecule has 0 bridgehead atoms. The van der Waals surface area contributed by atoms with E-state index < -0.39 is 29.4 Å². The SMILES string of the molecule is CCN(CC(=O)Nc1cc(C(C)(C)C)nn1-c1ccc(F)cc1)C(=O)Nc1ccc(F)c(F)c1. The van der Waals surface area contributed by atoms with Crippen molar-refractivity contribution in [3.05, 3.63) is 71.7 Å². The van der Waals surface area contributed by atoms with Crippen LogP contribution in [-0.4, -0.2) is 39.7 Å². The van der Waals surface area contributed by atoms with Crippen molar-refractivity contribution in [2.75, 3.05) is 23.7 Å². The highest BCUT2D eigenvalue weighted by Crippen LogP contribution is 2.26. The Morgan fingerprint density at radius 1 is 0.971 bits per heavy atom. The van der Waals surface area contributed by atoms with E-state index in [1.54, 1.807) is 13.0 Å².